The Morgan fingerprint density at radius 3 is 2.45 bits per heavy atom. The van der Waals surface area contributed by atoms with Crippen molar-refractivity contribution < 1.29 is 10.2 Å². The third-order valence-corrected chi connectivity index (χ3v) is 6.67. The van der Waals surface area contributed by atoms with Crippen LogP contribution in [-0.2, 0) is 11.8 Å². The Labute approximate surface area is 134 Å². The van der Waals surface area contributed by atoms with Crippen molar-refractivity contribution in [2.45, 2.75) is 77.7 Å². The first-order valence-corrected chi connectivity index (χ1v) is 8.73. The van der Waals surface area contributed by atoms with Crippen molar-refractivity contribution in [3.05, 3.63) is 28.8 Å². The van der Waals surface area contributed by atoms with E-state index in [1.807, 2.05) is 6.07 Å². The maximum Gasteiger partial charge on any atom is 0.119 e. The molecule has 0 bridgehead atoms. The van der Waals surface area contributed by atoms with E-state index in [9.17, 15) is 10.2 Å². The van der Waals surface area contributed by atoms with Gasteiger partial charge in [-0.25, -0.2) is 0 Å². The van der Waals surface area contributed by atoms with E-state index in [-0.39, 0.29) is 16.9 Å². The Hall–Kier alpha value is -1.02. The van der Waals surface area contributed by atoms with Crippen LogP contribution in [0.1, 0.15) is 76.5 Å². The molecule has 0 heterocycles. The second-order valence-electron chi connectivity index (χ2n) is 8.56. The summed E-state index contributed by atoms with van der Waals surface area (Å²) in [6.07, 6.45) is 3.84. The summed E-state index contributed by atoms with van der Waals surface area (Å²) in [5.41, 5.74) is 4.01. The molecule has 1 saturated carbocycles. The summed E-state index contributed by atoms with van der Waals surface area (Å²) in [5.74, 6) is 1.30. The van der Waals surface area contributed by atoms with Gasteiger partial charge in [-0.3, -0.25) is 0 Å². The van der Waals surface area contributed by atoms with Crippen LogP contribution in [0.2, 0.25) is 0 Å². The molecular formula is C20H30O2. The van der Waals surface area contributed by atoms with Gasteiger partial charge in [0.15, 0.2) is 0 Å². The molecule has 0 aromatic heterocycles. The molecule has 3 rings (SSSR count). The minimum Gasteiger partial charge on any atom is -0.508 e. The highest BCUT2D eigenvalue weighted by Gasteiger charge is 2.53. The van der Waals surface area contributed by atoms with E-state index in [0.717, 1.165) is 31.2 Å². The molecule has 2 nitrogen and oxygen atoms in total. The molecule has 2 aliphatic rings. The Balaban J connectivity index is 2.16. The minimum absolute atomic E-state index is 0.0411. The molecule has 122 valence electrons. The number of phenolic OH excluding ortho intramolecular Hbond substituents is 1. The van der Waals surface area contributed by atoms with Crippen LogP contribution in [0.4, 0.5) is 0 Å². The smallest absolute Gasteiger partial charge is 0.119 e. The highest BCUT2D eigenvalue weighted by atomic mass is 16.3. The highest BCUT2D eigenvalue weighted by Crippen LogP contribution is 2.58. The lowest BCUT2D eigenvalue weighted by molar-refractivity contribution is -0.0731. The fourth-order valence-corrected chi connectivity index (χ4v) is 5.44. The lowest BCUT2D eigenvalue weighted by Crippen LogP contribution is -2.54. The third-order valence-electron chi connectivity index (χ3n) is 6.67. The molecule has 2 aliphatic carbocycles. The average Bonchev–Trinajstić information content (AvgIpc) is 2.42. The first-order chi connectivity index (χ1) is 10.2. The molecule has 0 radical (unpaired) electrons. The van der Waals surface area contributed by atoms with Crippen LogP contribution in [-0.4, -0.2) is 16.3 Å². The highest BCUT2D eigenvalue weighted by molar-refractivity contribution is 5.51. The minimum atomic E-state index is -0.200. The molecular weight excluding hydrogens is 272 g/mol. The Morgan fingerprint density at radius 1 is 1.14 bits per heavy atom. The van der Waals surface area contributed by atoms with Crippen LogP contribution in [0, 0.1) is 11.3 Å². The Bertz CT molecular complexity index is 588. The van der Waals surface area contributed by atoms with E-state index < -0.39 is 0 Å². The van der Waals surface area contributed by atoms with Gasteiger partial charge in [0.2, 0.25) is 0 Å². The number of phenols is 1. The number of hydrogen-bond donors (Lipinski definition) is 2. The molecule has 1 aromatic carbocycles. The van der Waals surface area contributed by atoms with Crippen molar-refractivity contribution in [3.63, 3.8) is 0 Å². The Morgan fingerprint density at radius 2 is 1.82 bits per heavy atom. The third kappa shape index (κ3) is 2.03. The topological polar surface area (TPSA) is 40.5 Å². The predicted molar refractivity (Wildman–Crippen MR) is 90.4 cm³/mol. The molecule has 0 amide bonds. The molecule has 0 unspecified atom stereocenters. The van der Waals surface area contributed by atoms with Gasteiger partial charge in [-0.2, -0.15) is 0 Å². The largest absolute Gasteiger partial charge is 0.508 e. The summed E-state index contributed by atoms with van der Waals surface area (Å²) >= 11 is 0. The van der Waals surface area contributed by atoms with Crippen molar-refractivity contribution in [2.24, 2.45) is 11.3 Å². The predicted octanol–water partition coefficient (Wildman–Crippen LogP) is 4.52. The number of fused-ring (bicyclic) bond motifs is 3. The molecule has 1 fully saturated rings. The SMILES string of the molecule is CC(C)c1c(O)ccc2c1CC[C@H]1C(C)(C)[C@H](O)CC[C@]21C. The summed E-state index contributed by atoms with van der Waals surface area (Å²) in [4.78, 5) is 0. The van der Waals surface area contributed by atoms with Gasteiger partial charge in [0.1, 0.15) is 5.75 Å². The van der Waals surface area contributed by atoms with E-state index >= 15 is 0 Å². The van der Waals surface area contributed by atoms with Crippen molar-refractivity contribution in [2.75, 3.05) is 0 Å². The van der Waals surface area contributed by atoms with Gasteiger partial charge in [-0.15, -0.1) is 0 Å². The van der Waals surface area contributed by atoms with Crippen LogP contribution in [0.3, 0.4) is 0 Å². The standard InChI is InChI=1S/C20H30O2/c1-12(2)18-13-6-9-16-19(3,4)17(22)10-11-20(16,5)14(13)7-8-15(18)21/h7-8,12,16-17,21-22H,6,9-11H2,1-5H3/t16-,17+,20+/m0/s1. The number of benzene rings is 1. The lowest BCUT2D eigenvalue weighted by Gasteiger charge is -2.56. The first-order valence-electron chi connectivity index (χ1n) is 8.73. The van der Waals surface area contributed by atoms with Gasteiger partial charge in [0.05, 0.1) is 6.10 Å². The summed E-state index contributed by atoms with van der Waals surface area (Å²) in [7, 11) is 0. The van der Waals surface area contributed by atoms with Crippen LogP contribution >= 0.6 is 0 Å². The molecule has 22 heavy (non-hydrogen) atoms. The van der Waals surface area contributed by atoms with E-state index in [4.69, 9.17) is 0 Å². The number of aliphatic hydroxyl groups is 1. The normalized spacial score (nSPS) is 33.4. The zero-order chi connectivity index (χ0) is 16.3. The monoisotopic (exact) mass is 302 g/mol. The summed E-state index contributed by atoms with van der Waals surface area (Å²) < 4.78 is 0. The molecule has 0 saturated heterocycles. The van der Waals surface area contributed by atoms with Gasteiger partial charge >= 0.3 is 0 Å². The summed E-state index contributed by atoms with van der Waals surface area (Å²) in [6.45, 7) is 11.2. The molecule has 3 atom stereocenters. The van der Waals surface area contributed by atoms with Gasteiger partial charge in [-0.1, -0.05) is 40.7 Å². The quantitative estimate of drug-likeness (QED) is 0.801. The second-order valence-corrected chi connectivity index (χ2v) is 8.56. The zero-order valence-corrected chi connectivity index (χ0v) is 14.6. The van der Waals surface area contributed by atoms with Gasteiger partial charge in [-0.05, 0) is 71.1 Å². The van der Waals surface area contributed by atoms with Gasteiger partial charge in [0, 0.05) is 0 Å². The maximum atomic E-state index is 10.5. The van der Waals surface area contributed by atoms with Crippen LogP contribution in [0.25, 0.3) is 0 Å². The van der Waals surface area contributed by atoms with Crippen LogP contribution < -0.4 is 0 Å². The molecule has 0 aliphatic heterocycles. The van der Waals surface area contributed by atoms with Crippen molar-refractivity contribution in [1.29, 1.82) is 0 Å². The fourth-order valence-electron chi connectivity index (χ4n) is 5.44. The second kappa shape index (κ2) is 4.99. The van der Waals surface area contributed by atoms with Crippen molar-refractivity contribution in [3.8, 4) is 5.75 Å². The Kier molecular flexibility index (Phi) is 3.60. The molecule has 1 aromatic rings. The molecule has 0 spiro atoms. The summed E-state index contributed by atoms with van der Waals surface area (Å²) in [5, 5.41) is 20.8. The van der Waals surface area contributed by atoms with E-state index in [1.54, 1.807) is 0 Å². The van der Waals surface area contributed by atoms with E-state index in [1.165, 1.54) is 11.1 Å². The molecule has 2 heteroatoms. The zero-order valence-electron chi connectivity index (χ0n) is 14.6. The number of rotatable bonds is 1. The average molecular weight is 302 g/mol. The van der Waals surface area contributed by atoms with Gasteiger partial charge < -0.3 is 10.2 Å². The first kappa shape index (κ1) is 15.9. The maximum absolute atomic E-state index is 10.5. The van der Waals surface area contributed by atoms with Crippen molar-refractivity contribution in [1.82, 2.24) is 0 Å². The van der Waals surface area contributed by atoms with Crippen LogP contribution in [0.5, 0.6) is 5.75 Å². The van der Waals surface area contributed by atoms with E-state index in [2.05, 4.69) is 40.7 Å². The fraction of sp³-hybridized carbons (Fsp3) is 0.700. The van der Waals surface area contributed by atoms with E-state index in [0.29, 0.717) is 17.6 Å². The molecule has 2 N–H and O–H groups in total. The summed E-state index contributed by atoms with van der Waals surface area (Å²) in [6, 6.07) is 4.04. The van der Waals surface area contributed by atoms with Gasteiger partial charge in [0.25, 0.3) is 0 Å². The van der Waals surface area contributed by atoms with Crippen molar-refractivity contribution >= 4 is 0 Å². The van der Waals surface area contributed by atoms with Crippen LogP contribution in [0.15, 0.2) is 12.1 Å². The number of aliphatic hydroxyl groups excluding tert-OH is 1. The number of hydrogen-bond acceptors (Lipinski definition) is 2. The lowest BCUT2D eigenvalue weighted by atomic mass is 9.49. The number of aromatic hydroxyl groups is 1.